The highest BCUT2D eigenvalue weighted by Gasteiger charge is 2.19. The number of aromatic nitrogens is 4. The molecular formula is C17H18N4O2S. The largest absolute Gasteiger partial charge is 0.348 e. The first-order valence-electron chi connectivity index (χ1n) is 7.47. The van der Waals surface area contributed by atoms with E-state index in [1.54, 1.807) is 18.5 Å². The molecule has 3 rings (SSSR count). The van der Waals surface area contributed by atoms with Gasteiger partial charge in [0.2, 0.25) is 0 Å². The molecule has 0 aliphatic rings. The minimum absolute atomic E-state index is 0.151. The van der Waals surface area contributed by atoms with Gasteiger partial charge in [0, 0.05) is 11.1 Å². The lowest BCUT2D eigenvalue weighted by Crippen LogP contribution is -2.46. The molecule has 3 N–H and O–H groups in total. The third kappa shape index (κ3) is 3.30. The standard InChI is InChI=1S/C17H18N4O2S/c1-17(2,3)14-11(18-9-19-14)7-13-16(23)20-12(15(22)21-13)6-10-4-5-24-8-10/h4-9H,1-3H3,(H,18,19)(H,20,23)(H,21,22)/b12-6+,13-7+. The fraction of sp³-hybridized carbons (Fsp3) is 0.235. The lowest BCUT2D eigenvalue weighted by atomic mass is 9.90. The number of aromatic amines is 3. The van der Waals surface area contributed by atoms with Crippen molar-refractivity contribution in [2.45, 2.75) is 26.2 Å². The zero-order chi connectivity index (χ0) is 17.3. The molecule has 0 amide bonds. The summed E-state index contributed by atoms with van der Waals surface area (Å²) in [6, 6.07) is 1.88. The molecule has 24 heavy (non-hydrogen) atoms. The Morgan fingerprint density at radius 2 is 1.75 bits per heavy atom. The summed E-state index contributed by atoms with van der Waals surface area (Å²) in [5, 5.41) is 4.22. The fourth-order valence-corrected chi connectivity index (χ4v) is 2.99. The molecule has 3 aromatic rings. The van der Waals surface area contributed by atoms with Crippen molar-refractivity contribution < 1.29 is 0 Å². The Kier molecular flexibility index (Phi) is 4.11. The summed E-state index contributed by atoms with van der Waals surface area (Å²) >= 11 is 1.53. The van der Waals surface area contributed by atoms with E-state index in [0.29, 0.717) is 5.69 Å². The predicted octanol–water partition coefficient (Wildman–Crippen LogP) is 0.803. The van der Waals surface area contributed by atoms with E-state index in [1.165, 1.54) is 11.3 Å². The quantitative estimate of drug-likeness (QED) is 0.643. The van der Waals surface area contributed by atoms with E-state index in [9.17, 15) is 9.59 Å². The summed E-state index contributed by atoms with van der Waals surface area (Å²) in [4.78, 5) is 37.1. The Morgan fingerprint density at radius 3 is 2.33 bits per heavy atom. The van der Waals surface area contributed by atoms with E-state index in [1.807, 2.05) is 37.6 Å². The fourth-order valence-electron chi connectivity index (χ4n) is 2.37. The maximum Gasteiger partial charge on any atom is 0.272 e. The van der Waals surface area contributed by atoms with Crippen molar-refractivity contribution in [1.29, 1.82) is 0 Å². The number of nitrogens with zero attached hydrogens (tertiary/aromatic N) is 1. The Balaban J connectivity index is 2.15. The SMILES string of the molecule is CC(C)(C)c1[nH]cnc1/C=c1/[nH]c(=O)/c(=C\c2ccsc2)[nH]c1=O. The maximum absolute atomic E-state index is 12.3. The molecule has 0 spiro atoms. The first-order chi connectivity index (χ1) is 11.3. The Hall–Kier alpha value is -2.67. The van der Waals surface area contributed by atoms with Crippen LogP contribution in [0.5, 0.6) is 0 Å². The van der Waals surface area contributed by atoms with Gasteiger partial charge >= 0.3 is 0 Å². The average molecular weight is 342 g/mol. The minimum atomic E-state index is -0.362. The van der Waals surface area contributed by atoms with Crippen LogP contribution in [-0.2, 0) is 5.41 Å². The van der Waals surface area contributed by atoms with Gasteiger partial charge in [0.25, 0.3) is 11.1 Å². The summed E-state index contributed by atoms with van der Waals surface area (Å²) in [5.74, 6) is 0. The molecule has 0 radical (unpaired) electrons. The number of H-pyrrole nitrogens is 3. The summed E-state index contributed by atoms with van der Waals surface area (Å²) in [6.07, 6.45) is 4.82. The molecule has 0 aromatic carbocycles. The van der Waals surface area contributed by atoms with Gasteiger partial charge in [-0.3, -0.25) is 9.59 Å². The lowest BCUT2D eigenvalue weighted by Gasteiger charge is -2.16. The molecular weight excluding hydrogens is 324 g/mol. The summed E-state index contributed by atoms with van der Waals surface area (Å²) in [7, 11) is 0. The average Bonchev–Trinajstić information content (AvgIpc) is 3.14. The summed E-state index contributed by atoms with van der Waals surface area (Å²) in [6.45, 7) is 6.14. The molecule has 0 fully saturated rings. The molecule has 0 aliphatic heterocycles. The van der Waals surface area contributed by atoms with E-state index >= 15 is 0 Å². The minimum Gasteiger partial charge on any atom is -0.348 e. The van der Waals surface area contributed by atoms with Crippen LogP contribution in [0.4, 0.5) is 0 Å². The van der Waals surface area contributed by atoms with E-state index in [4.69, 9.17) is 0 Å². The highest BCUT2D eigenvalue weighted by molar-refractivity contribution is 7.08. The molecule has 124 valence electrons. The van der Waals surface area contributed by atoms with Crippen molar-refractivity contribution in [3.8, 4) is 0 Å². The van der Waals surface area contributed by atoms with Crippen molar-refractivity contribution in [3.63, 3.8) is 0 Å². The number of hydrogen-bond donors (Lipinski definition) is 3. The Morgan fingerprint density at radius 1 is 1.08 bits per heavy atom. The monoisotopic (exact) mass is 342 g/mol. The number of nitrogens with one attached hydrogen (secondary N) is 3. The van der Waals surface area contributed by atoms with Crippen molar-refractivity contribution in [1.82, 2.24) is 19.9 Å². The summed E-state index contributed by atoms with van der Waals surface area (Å²) in [5.41, 5.74) is 1.55. The van der Waals surface area contributed by atoms with E-state index in [2.05, 4.69) is 19.9 Å². The zero-order valence-electron chi connectivity index (χ0n) is 13.6. The van der Waals surface area contributed by atoms with Gasteiger partial charge in [0.15, 0.2) is 0 Å². The molecule has 0 unspecified atom stereocenters. The molecule has 3 heterocycles. The van der Waals surface area contributed by atoms with Gasteiger partial charge in [0.1, 0.15) is 10.7 Å². The molecule has 6 nitrogen and oxygen atoms in total. The van der Waals surface area contributed by atoms with Gasteiger partial charge < -0.3 is 15.0 Å². The lowest BCUT2D eigenvalue weighted by molar-refractivity contribution is 0.571. The topological polar surface area (TPSA) is 94.4 Å². The normalized spacial score (nSPS) is 13.6. The van der Waals surface area contributed by atoms with Gasteiger partial charge in [-0.15, -0.1) is 0 Å². The van der Waals surface area contributed by atoms with Crippen molar-refractivity contribution in [2.24, 2.45) is 0 Å². The highest BCUT2D eigenvalue weighted by Crippen LogP contribution is 2.22. The van der Waals surface area contributed by atoms with Crippen LogP contribution in [0.1, 0.15) is 37.7 Å². The van der Waals surface area contributed by atoms with Gasteiger partial charge in [-0.1, -0.05) is 20.8 Å². The van der Waals surface area contributed by atoms with Crippen LogP contribution >= 0.6 is 11.3 Å². The molecule has 0 saturated heterocycles. The van der Waals surface area contributed by atoms with E-state index < -0.39 is 0 Å². The number of rotatable bonds is 2. The van der Waals surface area contributed by atoms with Gasteiger partial charge in [0.05, 0.1) is 12.0 Å². The number of hydrogen-bond acceptors (Lipinski definition) is 4. The molecule has 0 saturated carbocycles. The first kappa shape index (κ1) is 16.2. The van der Waals surface area contributed by atoms with Crippen LogP contribution in [0.3, 0.4) is 0 Å². The third-order valence-corrected chi connectivity index (χ3v) is 4.24. The molecule has 3 aromatic heterocycles. The third-order valence-electron chi connectivity index (χ3n) is 3.54. The second-order valence-electron chi connectivity index (χ2n) is 6.49. The van der Waals surface area contributed by atoms with Crippen LogP contribution in [0, 0.1) is 0 Å². The second kappa shape index (κ2) is 6.09. The summed E-state index contributed by atoms with van der Waals surface area (Å²) < 4.78 is 0. The smallest absolute Gasteiger partial charge is 0.272 e. The Bertz CT molecular complexity index is 1080. The van der Waals surface area contributed by atoms with Gasteiger partial charge in [-0.05, 0) is 34.5 Å². The zero-order valence-corrected chi connectivity index (χ0v) is 14.5. The van der Waals surface area contributed by atoms with Crippen LogP contribution in [0.25, 0.3) is 12.2 Å². The van der Waals surface area contributed by atoms with Crippen molar-refractivity contribution in [3.05, 3.63) is 71.5 Å². The van der Waals surface area contributed by atoms with Crippen molar-refractivity contribution >= 4 is 23.5 Å². The van der Waals surface area contributed by atoms with Gasteiger partial charge in [-0.2, -0.15) is 11.3 Å². The van der Waals surface area contributed by atoms with Crippen LogP contribution in [-0.4, -0.2) is 19.9 Å². The molecule has 7 heteroatoms. The predicted molar refractivity (Wildman–Crippen MR) is 95.7 cm³/mol. The highest BCUT2D eigenvalue weighted by atomic mass is 32.1. The molecule has 0 atom stereocenters. The molecule has 0 bridgehead atoms. The van der Waals surface area contributed by atoms with Crippen LogP contribution < -0.4 is 21.8 Å². The maximum atomic E-state index is 12.3. The Labute approximate surface area is 141 Å². The first-order valence-corrected chi connectivity index (χ1v) is 8.41. The van der Waals surface area contributed by atoms with Gasteiger partial charge in [-0.25, -0.2) is 4.98 Å². The second-order valence-corrected chi connectivity index (χ2v) is 7.27. The van der Waals surface area contributed by atoms with Crippen molar-refractivity contribution in [2.75, 3.05) is 0 Å². The number of thiophene rings is 1. The van der Waals surface area contributed by atoms with E-state index in [-0.39, 0.29) is 27.2 Å². The van der Waals surface area contributed by atoms with Crippen LogP contribution in [0.15, 0.2) is 32.7 Å². The number of imidazole rings is 1. The van der Waals surface area contributed by atoms with Crippen LogP contribution in [0.2, 0.25) is 0 Å². The molecule has 0 aliphatic carbocycles. The van der Waals surface area contributed by atoms with E-state index in [0.717, 1.165) is 11.3 Å².